The van der Waals surface area contributed by atoms with Gasteiger partial charge in [-0.05, 0) is 31.6 Å². The van der Waals surface area contributed by atoms with Crippen LogP contribution in [-0.2, 0) is 17.3 Å². The highest BCUT2D eigenvalue weighted by atomic mass is 32.1. The van der Waals surface area contributed by atoms with Crippen LogP contribution in [0, 0.1) is 5.92 Å². The number of hydrogen-bond acceptors (Lipinski definition) is 5. The van der Waals surface area contributed by atoms with Crippen molar-refractivity contribution in [3.63, 3.8) is 0 Å². The standard InChI is InChI=1S/C19H26F2N4OS/c20-19(21)11-24(16(26)7-12-3-1-2-4-12)10-15-17(19)23-18(27-15)25-13-5-6-14(25)9-22-8-13/h12-14,22H,1-11H2. The number of nitrogens with zero attached hydrogens (tertiary/aromatic N) is 3. The molecular weight excluding hydrogens is 370 g/mol. The first-order valence-electron chi connectivity index (χ1n) is 10.2. The van der Waals surface area contributed by atoms with Crippen molar-refractivity contribution < 1.29 is 13.6 Å². The molecule has 0 spiro atoms. The van der Waals surface area contributed by atoms with E-state index < -0.39 is 12.5 Å². The van der Waals surface area contributed by atoms with Gasteiger partial charge in [-0.2, -0.15) is 8.78 Å². The van der Waals surface area contributed by atoms with E-state index in [4.69, 9.17) is 0 Å². The fourth-order valence-electron chi connectivity index (χ4n) is 5.24. The topological polar surface area (TPSA) is 48.5 Å². The van der Waals surface area contributed by atoms with Gasteiger partial charge in [-0.15, -0.1) is 0 Å². The van der Waals surface area contributed by atoms with Gasteiger partial charge in [-0.3, -0.25) is 4.79 Å². The number of anilines is 1. The van der Waals surface area contributed by atoms with Crippen LogP contribution in [-0.4, -0.2) is 47.5 Å². The first kappa shape index (κ1) is 17.8. The Labute approximate surface area is 162 Å². The third-order valence-corrected chi connectivity index (χ3v) is 7.70. The molecule has 5 rings (SSSR count). The Bertz CT molecular complexity index is 717. The lowest BCUT2D eigenvalue weighted by molar-refractivity contribution is -0.141. The molecule has 2 bridgehead atoms. The van der Waals surface area contributed by atoms with Gasteiger partial charge in [0.1, 0.15) is 5.69 Å². The first-order chi connectivity index (χ1) is 13.0. The minimum Gasteiger partial charge on any atom is -0.340 e. The smallest absolute Gasteiger partial charge is 0.308 e. The lowest BCUT2D eigenvalue weighted by Crippen LogP contribution is -2.52. The molecule has 1 aromatic rings. The minimum absolute atomic E-state index is 0.0923. The molecule has 1 aromatic heterocycles. The van der Waals surface area contributed by atoms with Gasteiger partial charge < -0.3 is 15.1 Å². The molecule has 0 aromatic carbocycles. The first-order valence-corrected chi connectivity index (χ1v) is 11.0. The van der Waals surface area contributed by atoms with E-state index in [2.05, 4.69) is 15.2 Å². The number of halogens is 2. The number of aromatic nitrogens is 1. The predicted octanol–water partition coefficient (Wildman–Crippen LogP) is 3.10. The van der Waals surface area contributed by atoms with Gasteiger partial charge in [0.15, 0.2) is 5.13 Å². The molecule has 3 aliphatic heterocycles. The molecule has 148 valence electrons. The summed E-state index contributed by atoms with van der Waals surface area (Å²) in [5, 5.41) is 4.14. The normalized spacial score (nSPS) is 30.0. The zero-order chi connectivity index (χ0) is 18.6. The molecule has 1 aliphatic carbocycles. The Kier molecular flexibility index (Phi) is 4.39. The summed E-state index contributed by atoms with van der Waals surface area (Å²) in [5.74, 6) is -2.80. The van der Waals surface area contributed by atoms with E-state index in [1.54, 1.807) is 0 Å². The monoisotopic (exact) mass is 396 g/mol. The second-order valence-electron chi connectivity index (χ2n) is 8.53. The van der Waals surface area contributed by atoms with Crippen molar-refractivity contribution in [1.82, 2.24) is 15.2 Å². The van der Waals surface area contributed by atoms with Gasteiger partial charge in [0.05, 0.1) is 18.0 Å². The summed E-state index contributed by atoms with van der Waals surface area (Å²) in [5.41, 5.74) is -0.0923. The van der Waals surface area contributed by atoms with Crippen molar-refractivity contribution in [2.24, 2.45) is 5.92 Å². The summed E-state index contributed by atoms with van der Waals surface area (Å²) >= 11 is 1.37. The van der Waals surface area contributed by atoms with Crippen molar-refractivity contribution in [1.29, 1.82) is 0 Å². The molecule has 2 unspecified atom stereocenters. The maximum absolute atomic E-state index is 14.8. The van der Waals surface area contributed by atoms with Crippen molar-refractivity contribution in [2.45, 2.75) is 69.5 Å². The average molecular weight is 397 g/mol. The van der Waals surface area contributed by atoms with E-state index in [1.165, 1.54) is 16.2 Å². The van der Waals surface area contributed by atoms with Crippen molar-refractivity contribution in [2.75, 3.05) is 24.5 Å². The molecule has 5 nitrogen and oxygen atoms in total. The molecule has 2 saturated heterocycles. The highest BCUT2D eigenvalue weighted by Gasteiger charge is 2.47. The predicted molar refractivity (Wildman–Crippen MR) is 100 cm³/mol. The van der Waals surface area contributed by atoms with Gasteiger partial charge in [0.25, 0.3) is 0 Å². The van der Waals surface area contributed by atoms with Gasteiger partial charge in [0, 0.05) is 31.6 Å². The summed E-state index contributed by atoms with van der Waals surface area (Å²) < 4.78 is 29.7. The van der Waals surface area contributed by atoms with Crippen LogP contribution in [0.5, 0.6) is 0 Å². The zero-order valence-corrected chi connectivity index (χ0v) is 16.2. The molecule has 3 fully saturated rings. The van der Waals surface area contributed by atoms with E-state index >= 15 is 0 Å². The summed E-state index contributed by atoms with van der Waals surface area (Å²) in [6.45, 7) is 1.55. The number of carbonyl (C=O) groups excluding carboxylic acids is 1. The number of nitrogens with one attached hydrogen (secondary N) is 1. The summed E-state index contributed by atoms with van der Waals surface area (Å²) in [6, 6.07) is 0.704. The van der Waals surface area contributed by atoms with Gasteiger partial charge in [0.2, 0.25) is 5.91 Å². The number of rotatable bonds is 3. The maximum atomic E-state index is 14.8. The van der Waals surface area contributed by atoms with Gasteiger partial charge in [-0.25, -0.2) is 4.98 Å². The largest absolute Gasteiger partial charge is 0.340 e. The fraction of sp³-hybridized carbons (Fsp3) is 0.789. The van der Waals surface area contributed by atoms with Crippen LogP contribution >= 0.6 is 11.3 Å². The Balaban J connectivity index is 1.37. The van der Waals surface area contributed by atoms with Crippen LogP contribution in [0.3, 0.4) is 0 Å². The van der Waals surface area contributed by atoms with E-state index in [0.717, 1.165) is 56.7 Å². The SMILES string of the molecule is O=C(CC1CCCC1)N1Cc2sc(N3C4CCC3CNC4)nc2C(F)(F)C1. The number of piperazine rings is 1. The second-order valence-corrected chi connectivity index (χ2v) is 9.59. The molecule has 1 amide bonds. The van der Waals surface area contributed by atoms with E-state index in [-0.39, 0.29) is 18.1 Å². The zero-order valence-electron chi connectivity index (χ0n) is 15.4. The number of alkyl halides is 2. The highest BCUT2D eigenvalue weighted by molar-refractivity contribution is 7.15. The third kappa shape index (κ3) is 3.14. The number of thiazole rings is 1. The maximum Gasteiger partial charge on any atom is 0.308 e. The summed E-state index contributed by atoms with van der Waals surface area (Å²) in [7, 11) is 0. The van der Waals surface area contributed by atoms with E-state index in [1.807, 2.05) is 0 Å². The van der Waals surface area contributed by atoms with Crippen LogP contribution in [0.15, 0.2) is 0 Å². The van der Waals surface area contributed by atoms with Crippen LogP contribution < -0.4 is 10.2 Å². The third-order valence-electron chi connectivity index (χ3n) is 6.65. The number of amides is 1. The number of fused-ring (bicyclic) bond motifs is 3. The number of hydrogen-bond donors (Lipinski definition) is 1. The molecule has 2 atom stereocenters. The summed E-state index contributed by atoms with van der Waals surface area (Å²) in [4.78, 5) is 21.2. The Hall–Kier alpha value is -1.28. The molecule has 27 heavy (non-hydrogen) atoms. The molecule has 8 heteroatoms. The van der Waals surface area contributed by atoms with Crippen LogP contribution in [0.1, 0.15) is 55.5 Å². The second kappa shape index (κ2) is 6.65. The van der Waals surface area contributed by atoms with Crippen LogP contribution in [0.4, 0.5) is 13.9 Å². The Morgan fingerprint density at radius 3 is 2.59 bits per heavy atom. The Morgan fingerprint density at radius 1 is 1.19 bits per heavy atom. The van der Waals surface area contributed by atoms with Crippen molar-refractivity contribution >= 4 is 22.4 Å². The highest BCUT2D eigenvalue weighted by Crippen LogP contribution is 2.44. The summed E-state index contributed by atoms with van der Waals surface area (Å²) in [6.07, 6.45) is 7.01. The Morgan fingerprint density at radius 2 is 1.89 bits per heavy atom. The lowest BCUT2D eigenvalue weighted by atomic mass is 10.0. The molecule has 0 radical (unpaired) electrons. The molecule has 4 heterocycles. The van der Waals surface area contributed by atoms with Gasteiger partial charge >= 0.3 is 5.92 Å². The van der Waals surface area contributed by atoms with Crippen molar-refractivity contribution in [3.05, 3.63) is 10.6 Å². The average Bonchev–Trinajstić information content (AvgIpc) is 3.33. The molecule has 4 aliphatic rings. The minimum atomic E-state index is -3.05. The van der Waals surface area contributed by atoms with E-state index in [0.29, 0.717) is 29.3 Å². The van der Waals surface area contributed by atoms with Crippen LogP contribution in [0.25, 0.3) is 0 Å². The molecule has 1 saturated carbocycles. The molecular formula is C19H26F2N4OS. The van der Waals surface area contributed by atoms with Crippen LogP contribution in [0.2, 0.25) is 0 Å². The quantitative estimate of drug-likeness (QED) is 0.853. The van der Waals surface area contributed by atoms with E-state index in [9.17, 15) is 13.6 Å². The lowest BCUT2D eigenvalue weighted by Gasteiger charge is -2.35. The number of carbonyl (C=O) groups is 1. The van der Waals surface area contributed by atoms with Gasteiger partial charge in [-0.1, -0.05) is 24.2 Å². The van der Waals surface area contributed by atoms with Crippen molar-refractivity contribution in [3.8, 4) is 0 Å². The molecule has 1 N–H and O–H groups in total. The fourth-order valence-corrected chi connectivity index (χ4v) is 6.52.